The number of carboxylic acids is 1. The maximum atomic E-state index is 12.2. The lowest BCUT2D eigenvalue weighted by molar-refractivity contribution is -0.142. The SMILES string of the molecule is O=C(Nc1ccccc1)Nc1cccc(NC(=O)NC2CCC(C(=O)O)CC2)c1. The molecule has 4 amide bonds. The van der Waals surface area contributed by atoms with Crippen LogP contribution in [0.25, 0.3) is 0 Å². The third-order valence-corrected chi connectivity index (χ3v) is 4.82. The Labute approximate surface area is 168 Å². The molecule has 0 aliphatic heterocycles. The lowest BCUT2D eigenvalue weighted by atomic mass is 9.86. The van der Waals surface area contributed by atoms with E-state index in [4.69, 9.17) is 5.11 Å². The van der Waals surface area contributed by atoms with Crippen molar-refractivity contribution in [3.63, 3.8) is 0 Å². The van der Waals surface area contributed by atoms with Gasteiger partial charge in [-0.05, 0) is 56.0 Å². The van der Waals surface area contributed by atoms with Crippen LogP contribution in [0.3, 0.4) is 0 Å². The van der Waals surface area contributed by atoms with Gasteiger partial charge in [-0.1, -0.05) is 24.3 Å². The van der Waals surface area contributed by atoms with Gasteiger partial charge in [0.2, 0.25) is 0 Å². The second kappa shape index (κ2) is 9.59. The molecule has 5 N–H and O–H groups in total. The maximum Gasteiger partial charge on any atom is 0.323 e. The summed E-state index contributed by atoms with van der Waals surface area (Å²) in [5.74, 6) is -1.09. The number of aliphatic carboxylic acids is 1. The van der Waals surface area contributed by atoms with Crippen molar-refractivity contribution in [3.8, 4) is 0 Å². The van der Waals surface area contributed by atoms with E-state index in [1.165, 1.54) is 0 Å². The summed E-state index contributed by atoms with van der Waals surface area (Å²) >= 11 is 0. The number of para-hydroxylation sites is 1. The van der Waals surface area contributed by atoms with Crippen LogP contribution in [0, 0.1) is 5.92 Å². The Hall–Kier alpha value is -3.55. The van der Waals surface area contributed by atoms with Gasteiger partial charge in [-0.25, -0.2) is 9.59 Å². The normalized spacial score (nSPS) is 18.3. The van der Waals surface area contributed by atoms with Crippen LogP contribution in [0.15, 0.2) is 54.6 Å². The summed E-state index contributed by atoms with van der Waals surface area (Å²) in [6.07, 6.45) is 2.42. The van der Waals surface area contributed by atoms with Gasteiger partial charge < -0.3 is 26.4 Å². The predicted octanol–water partition coefficient (Wildman–Crippen LogP) is 4.10. The second-order valence-electron chi connectivity index (χ2n) is 7.01. The number of carbonyl (C=O) groups excluding carboxylic acids is 2. The van der Waals surface area contributed by atoms with Gasteiger partial charge in [0.1, 0.15) is 0 Å². The molecular weight excluding hydrogens is 372 g/mol. The van der Waals surface area contributed by atoms with E-state index in [0.717, 1.165) is 0 Å². The van der Waals surface area contributed by atoms with E-state index in [1.54, 1.807) is 36.4 Å². The van der Waals surface area contributed by atoms with Crippen LogP contribution in [-0.2, 0) is 4.79 Å². The second-order valence-corrected chi connectivity index (χ2v) is 7.01. The van der Waals surface area contributed by atoms with Crippen LogP contribution in [0.5, 0.6) is 0 Å². The number of amides is 4. The molecule has 29 heavy (non-hydrogen) atoms. The van der Waals surface area contributed by atoms with Gasteiger partial charge in [-0.15, -0.1) is 0 Å². The number of carbonyl (C=O) groups is 3. The van der Waals surface area contributed by atoms with Gasteiger partial charge in [0.25, 0.3) is 0 Å². The van der Waals surface area contributed by atoms with E-state index in [2.05, 4.69) is 21.3 Å². The predicted molar refractivity (Wildman–Crippen MR) is 111 cm³/mol. The minimum absolute atomic E-state index is 0.0384. The molecule has 0 saturated heterocycles. The summed E-state index contributed by atoms with van der Waals surface area (Å²) in [5.41, 5.74) is 1.76. The first kappa shape index (κ1) is 20.2. The molecule has 1 fully saturated rings. The molecule has 2 aromatic rings. The molecule has 1 saturated carbocycles. The molecular formula is C21H24N4O4. The van der Waals surface area contributed by atoms with Crippen molar-refractivity contribution >= 4 is 35.1 Å². The lowest BCUT2D eigenvalue weighted by Gasteiger charge is -2.26. The molecule has 0 atom stereocenters. The molecule has 0 unspecified atom stereocenters. The van der Waals surface area contributed by atoms with Gasteiger partial charge in [0.15, 0.2) is 0 Å². The molecule has 2 aromatic carbocycles. The van der Waals surface area contributed by atoms with Gasteiger partial charge in [0.05, 0.1) is 5.92 Å². The van der Waals surface area contributed by atoms with Crippen molar-refractivity contribution < 1.29 is 19.5 Å². The number of hydrogen-bond donors (Lipinski definition) is 5. The van der Waals surface area contributed by atoms with Gasteiger partial charge in [-0.3, -0.25) is 4.79 Å². The number of carboxylic acid groups (broad SMARTS) is 1. The summed E-state index contributed by atoms with van der Waals surface area (Å²) in [6, 6.07) is 15.1. The minimum Gasteiger partial charge on any atom is -0.481 e. The number of nitrogens with one attached hydrogen (secondary N) is 4. The third kappa shape index (κ3) is 6.24. The molecule has 1 aliphatic rings. The standard InChI is InChI=1S/C21H24N4O4/c26-19(27)14-9-11-16(12-10-14)23-21(29)25-18-8-4-7-17(13-18)24-20(28)22-15-5-2-1-3-6-15/h1-8,13-14,16H,9-12H2,(H,26,27)(H2,22,24,28)(H2,23,25,29). The average Bonchev–Trinajstić information content (AvgIpc) is 2.69. The largest absolute Gasteiger partial charge is 0.481 e. The van der Waals surface area contributed by atoms with Gasteiger partial charge in [-0.2, -0.15) is 0 Å². The van der Waals surface area contributed by atoms with Gasteiger partial charge in [0, 0.05) is 23.1 Å². The van der Waals surface area contributed by atoms with Crippen LogP contribution in [-0.4, -0.2) is 29.2 Å². The topological polar surface area (TPSA) is 120 Å². The number of benzene rings is 2. The average molecular weight is 396 g/mol. The molecule has 0 aromatic heterocycles. The fourth-order valence-corrected chi connectivity index (χ4v) is 3.33. The zero-order valence-corrected chi connectivity index (χ0v) is 15.9. The van der Waals surface area contributed by atoms with E-state index in [9.17, 15) is 14.4 Å². The van der Waals surface area contributed by atoms with Crippen molar-refractivity contribution in [1.82, 2.24) is 5.32 Å². The summed E-state index contributed by atoms with van der Waals surface area (Å²) in [4.78, 5) is 35.3. The summed E-state index contributed by atoms with van der Waals surface area (Å²) in [6.45, 7) is 0. The number of anilines is 3. The van der Waals surface area contributed by atoms with E-state index >= 15 is 0 Å². The first-order chi connectivity index (χ1) is 14.0. The summed E-state index contributed by atoms with van der Waals surface area (Å²) in [7, 11) is 0. The molecule has 3 rings (SSSR count). The molecule has 8 nitrogen and oxygen atoms in total. The number of urea groups is 2. The van der Waals surface area contributed by atoms with Crippen molar-refractivity contribution in [2.45, 2.75) is 31.7 Å². The van der Waals surface area contributed by atoms with Gasteiger partial charge >= 0.3 is 18.0 Å². The highest BCUT2D eigenvalue weighted by molar-refractivity contribution is 6.00. The maximum absolute atomic E-state index is 12.2. The Morgan fingerprint density at radius 2 is 1.28 bits per heavy atom. The van der Waals surface area contributed by atoms with Crippen LogP contribution in [0.1, 0.15) is 25.7 Å². The van der Waals surface area contributed by atoms with Crippen molar-refractivity contribution in [3.05, 3.63) is 54.6 Å². The molecule has 0 spiro atoms. The molecule has 1 aliphatic carbocycles. The zero-order valence-electron chi connectivity index (χ0n) is 15.9. The quantitative estimate of drug-likeness (QED) is 0.523. The molecule has 8 heteroatoms. The summed E-state index contributed by atoms with van der Waals surface area (Å²) < 4.78 is 0. The smallest absolute Gasteiger partial charge is 0.323 e. The number of hydrogen-bond acceptors (Lipinski definition) is 3. The first-order valence-corrected chi connectivity index (χ1v) is 9.53. The molecule has 0 bridgehead atoms. The van der Waals surface area contributed by atoms with E-state index < -0.39 is 5.97 Å². The first-order valence-electron chi connectivity index (χ1n) is 9.53. The Morgan fingerprint density at radius 3 is 1.90 bits per heavy atom. The van der Waals surface area contributed by atoms with Crippen molar-refractivity contribution in [2.24, 2.45) is 5.92 Å². The van der Waals surface area contributed by atoms with E-state index in [-0.39, 0.29) is 24.0 Å². The van der Waals surface area contributed by atoms with Crippen molar-refractivity contribution in [2.75, 3.05) is 16.0 Å². The van der Waals surface area contributed by atoms with Crippen LogP contribution in [0.4, 0.5) is 26.7 Å². The fourth-order valence-electron chi connectivity index (χ4n) is 3.33. The fraction of sp³-hybridized carbons (Fsp3) is 0.286. The Kier molecular flexibility index (Phi) is 6.67. The molecule has 0 heterocycles. The van der Waals surface area contributed by atoms with E-state index in [1.807, 2.05) is 18.2 Å². The molecule has 152 valence electrons. The lowest BCUT2D eigenvalue weighted by Crippen LogP contribution is -2.40. The molecule has 0 radical (unpaired) electrons. The Morgan fingerprint density at radius 1 is 0.724 bits per heavy atom. The summed E-state index contributed by atoms with van der Waals surface area (Å²) in [5, 5.41) is 20.1. The van der Waals surface area contributed by atoms with E-state index in [0.29, 0.717) is 42.7 Å². The number of rotatable bonds is 5. The van der Waals surface area contributed by atoms with Crippen LogP contribution < -0.4 is 21.3 Å². The Bertz CT molecular complexity index is 864. The Balaban J connectivity index is 1.48. The minimum atomic E-state index is -0.770. The highest BCUT2D eigenvalue weighted by atomic mass is 16.4. The highest BCUT2D eigenvalue weighted by Gasteiger charge is 2.26. The highest BCUT2D eigenvalue weighted by Crippen LogP contribution is 2.24. The monoisotopic (exact) mass is 396 g/mol. The van der Waals surface area contributed by atoms with Crippen LogP contribution >= 0.6 is 0 Å². The zero-order chi connectivity index (χ0) is 20.6. The van der Waals surface area contributed by atoms with Crippen LogP contribution in [0.2, 0.25) is 0 Å². The van der Waals surface area contributed by atoms with Crippen molar-refractivity contribution in [1.29, 1.82) is 0 Å². The third-order valence-electron chi connectivity index (χ3n) is 4.82.